The maximum Gasteiger partial charge on any atom is 0.157 e. The average Bonchev–Trinajstić information content (AvgIpc) is 2.85. The van der Waals surface area contributed by atoms with Gasteiger partial charge in [-0.15, -0.1) is 0 Å². The lowest BCUT2D eigenvalue weighted by molar-refractivity contribution is -0.111. The molecule has 1 rings (SSSR count). The molecule has 3 heteroatoms. The number of hydrogen-bond donors (Lipinski definition) is 0. The number of rotatable bonds is 11. The largest absolute Gasteiger partial charge is 0.353 e. The van der Waals surface area contributed by atoms with E-state index in [0.717, 1.165) is 25.0 Å². The van der Waals surface area contributed by atoms with Crippen molar-refractivity contribution in [3.05, 3.63) is 0 Å². The van der Waals surface area contributed by atoms with Crippen molar-refractivity contribution in [1.29, 1.82) is 0 Å². The predicted molar refractivity (Wildman–Crippen MR) is 75.7 cm³/mol. The van der Waals surface area contributed by atoms with Gasteiger partial charge in [-0.2, -0.15) is 0 Å². The van der Waals surface area contributed by atoms with Crippen LogP contribution in [-0.2, 0) is 9.47 Å². The molecule has 1 atom stereocenters. The second-order valence-electron chi connectivity index (χ2n) is 4.83. The zero-order chi connectivity index (χ0) is 12.2. The van der Waals surface area contributed by atoms with Gasteiger partial charge in [0, 0.05) is 25.0 Å². The van der Waals surface area contributed by atoms with Crippen LogP contribution in [0.4, 0.5) is 0 Å². The first-order valence-electron chi connectivity index (χ1n) is 7.22. The Kier molecular flexibility index (Phi) is 10.4. The summed E-state index contributed by atoms with van der Waals surface area (Å²) in [4.78, 5) is 0. The number of alkyl halides is 1. The summed E-state index contributed by atoms with van der Waals surface area (Å²) < 4.78 is 11.0. The summed E-state index contributed by atoms with van der Waals surface area (Å²) in [5, 5.41) is 1.16. The molecule has 0 amide bonds. The van der Waals surface area contributed by atoms with Gasteiger partial charge < -0.3 is 9.47 Å². The van der Waals surface area contributed by atoms with Crippen LogP contribution in [0.5, 0.6) is 0 Å². The molecule has 0 aromatic rings. The maximum atomic E-state index is 5.64. The molecule has 1 aliphatic heterocycles. The highest BCUT2D eigenvalue weighted by Crippen LogP contribution is 2.14. The SMILES string of the molecule is BrCCCCCCCCCCO[C@H]1CCCO1. The molecule has 1 aliphatic rings. The van der Waals surface area contributed by atoms with Gasteiger partial charge in [0.1, 0.15) is 0 Å². The van der Waals surface area contributed by atoms with Crippen LogP contribution in [0, 0.1) is 0 Å². The molecule has 0 spiro atoms. The van der Waals surface area contributed by atoms with Crippen LogP contribution in [0.25, 0.3) is 0 Å². The molecular weight excluding hydrogens is 280 g/mol. The third-order valence-electron chi connectivity index (χ3n) is 3.22. The van der Waals surface area contributed by atoms with Crippen molar-refractivity contribution in [2.75, 3.05) is 18.5 Å². The van der Waals surface area contributed by atoms with Crippen LogP contribution in [0.1, 0.15) is 64.2 Å². The molecule has 1 fully saturated rings. The summed E-state index contributed by atoms with van der Waals surface area (Å²) in [6.45, 7) is 1.77. The first kappa shape index (κ1) is 15.5. The Morgan fingerprint density at radius 1 is 0.941 bits per heavy atom. The minimum Gasteiger partial charge on any atom is -0.353 e. The fourth-order valence-corrected chi connectivity index (χ4v) is 2.55. The monoisotopic (exact) mass is 306 g/mol. The molecule has 0 aromatic heterocycles. The molecule has 0 aliphatic carbocycles. The number of hydrogen-bond acceptors (Lipinski definition) is 2. The number of unbranched alkanes of at least 4 members (excludes halogenated alkanes) is 7. The molecule has 0 unspecified atom stereocenters. The van der Waals surface area contributed by atoms with E-state index >= 15 is 0 Å². The van der Waals surface area contributed by atoms with Gasteiger partial charge >= 0.3 is 0 Å². The van der Waals surface area contributed by atoms with Gasteiger partial charge in [0.2, 0.25) is 0 Å². The van der Waals surface area contributed by atoms with Gasteiger partial charge in [0.05, 0.1) is 0 Å². The Bertz CT molecular complexity index is 158. The Morgan fingerprint density at radius 3 is 2.18 bits per heavy atom. The van der Waals surface area contributed by atoms with Gasteiger partial charge in [-0.3, -0.25) is 0 Å². The molecule has 1 saturated heterocycles. The van der Waals surface area contributed by atoms with E-state index in [1.165, 1.54) is 57.8 Å². The van der Waals surface area contributed by atoms with E-state index in [-0.39, 0.29) is 6.29 Å². The zero-order valence-electron chi connectivity index (χ0n) is 11.0. The van der Waals surface area contributed by atoms with E-state index in [1.807, 2.05) is 0 Å². The average molecular weight is 307 g/mol. The summed E-state index contributed by atoms with van der Waals surface area (Å²) in [6.07, 6.45) is 13.1. The molecule has 17 heavy (non-hydrogen) atoms. The van der Waals surface area contributed by atoms with E-state index in [9.17, 15) is 0 Å². The highest BCUT2D eigenvalue weighted by Gasteiger charge is 2.14. The Morgan fingerprint density at radius 2 is 1.59 bits per heavy atom. The number of halogens is 1. The Hall–Kier alpha value is 0.400. The Labute approximate surface area is 115 Å². The van der Waals surface area contributed by atoms with Crippen LogP contribution >= 0.6 is 15.9 Å². The third kappa shape index (κ3) is 9.04. The topological polar surface area (TPSA) is 18.5 Å². The fraction of sp³-hybridized carbons (Fsp3) is 1.00. The first-order valence-corrected chi connectivity index (χ1v) is 8.35. The van der Waals surface area contributed by atoms with E-state index in [4.69, 9.17) is 9.47 Å². The minimum atomic E-state index is 0.110. The Balaban J connectivity index is 1.69. The molecule has 0 saturated carbocycles. The summed E-state index contributed by atoms with van der Waals surface area (Å²) in [5.74, 6) is 0. The van der Waals surface area contributed by atoms with Crippen LogP contribution in [0.3, 0.4) is 0 Å². The van der Waals surface area contributed by atoms with Crippen molar-refractivity contribution in [3.63, 3.8) is 0 Å². The lowest BCUT2D eigenvalue weighted by Crippen LogP contribution is -2.11. The van der Waals surface area contributed by atoms with E-state index in [0.29, 0.717) is 0 Å². The van der Waals surface area contributed by atoms with Crippen LogP contribution in [-0.4, -0.2) is 24.8 Å². The van der Waals surface area contributed by atoms with Crippen LogP contribution in [0.2, 0.25) is 0 Å². The molecule has 102 valence electrons. The van der Waals surface area contributed by atoms with Gasteiger partial charge in [-0.25, -0.2) is 0 Å². The second kappa shape index (κ2) is 11.5. The van der Waals surface area contributed by atoms with Gasteiger partial charge in [-0.1, -0.05) is 54.5 Å². The van der Waals surface area contributed by atoms with Gasteiger partial charge in [0.25, 0.3) is 0 Å². The van der Waals surface area contributed by atoms with Gasteiger partial charge in [-0.05, 0) is 19.3 Å². The zero-order valence-corrected chi connectivity index (χ0v) is 12.6. The van der Waals surface area contributed by atoms with Crippen LogP contribution in [0.15, 0.2) is 0 Å². The van der Waals surface area contributed by atoms with Crippen molar-refractivity contribution >= 4 is 15.9 Å². The predicted octanol–water partition coefficient (Wildman–Crippen LogP) is 4.66. The van der Waals surface area contributed by atoms with Crippen molar-refractivity contribution in [2.45, 2.75) is 70.5 Å². The van der Waals surface area contributed by atoms with Crippen molar-refractivity contribution in [3.8, 4) is 0 Å². The fourth-order valence-electron chi connectivity index (χ4n) is 2.15. The molecule has 2 nitrogen and oxygen atoms in total. The summed E-state index contributed by atoms with van der Waals surface area (Å²) in [7, 11) is 0. The molecule has 0 bridgehead atoms. The highest BCUT2D eigenvalue weighted by atomic mass is 79.9. The molecule has 0 N–H and O–H groups in total. The van der Waals surface area contributed by atoms with Crippen molar-refractivity contribution < 1.29 is 9.47 Å². The van der Waals surface area contributed by atoms with Crippen molar-refractivity contribution in [1.82, 2.24) is 0 Å². The quantitative estimate of drug-likeness (QED) is 0.408. The second-order valence-corrected chi connectivity index (χ2v) is 5.62. The minimum absolute atomic E-state index is 0.110. The maximum absolute atomic E-state index is 5.64. The molecule has 1 heterocycles. The smallest absolute Gasteiger partial charge is 0.157 e. The molecule has 0 aromatic carbocycles. The van der Waals surface area contributed by atoms with Crippen molar-refractivity contribution in [2.24, 2.45) is 0 Å². The highest BCUT2D eigenvalue weighted by molar-refractivity contribution is 9.09. The van der Waals surface area contributed by atoms with Gasteiger partial charge in [0.15, 0.2) is 6.29 Å². The summed E-state index contributed by atoms with van der Waals surface area (Å²) >= 11 is 3.46. The lowest BCUT2D eigenvalue weighted by Gasteiger charge is -2.10. The standard InChI is InChI=1S/C14H27BrO2/c15-11-7-5-3-1-2-4-6-8-12-16-14-10-9-13-17-14/h14H,1-13H2/t14-/m1/s1. The third-order valence-corrected chi connectivity index (χ3v) is 3.78. The summed E-state index contributed by atoms with van der Waals surface area (Å²) in [6, 6.07) is 0. The molecule has 0 radical (unpaired) electrons. The van der Waals surface area contributed by atoms with E-state index in [2.05, 4.69) is 15.9 Å². The first-order chi connectivity index (χ1) is 8.43. The lowest BCUT2D eigenvalue weighted by atomic mass is 10.1. The number of ether oxygens (including phenoxy) is 2. The van der Waals surface area contributed by atoms with Crippen LogP contribution < -0.4 is 0 Å². The summed E-state index contributed by atoms with van der Waals surface area (Å²) in [5.41, 5.74) is 0. The van der Waals surface area contributed by atoms with E-state index < -0.39 is 0 Å². The molecular formula is C14H27BrO2. The van der Waals surface area contributed by atoms with E-state index in [1.54, 1.807) is 0 Å². The normalized spacial score (nSPS) is 19.9.